The molecule has 0 fully saturated rings. The van der Waals surface area contributed by atoms with Crippen LogP contribution in [0.25, 0.3) is 0 Å². The molecule has 0 heterocycles. The van der Waals surface area contributed by atoms with Crippen LogP contribution >= 0.6 is 0 Å². The molecular weight excluding hydrogens is 611 g/mol. The summed E-state index contributed by atoms with van der Waals surface area (Å²) in [4.78, 5) is 0. The summed E-state index contributed by atoms with van der Waals surface area (Å²) in [5, 5.41) is 0. The number of hydrogen-bond acceptors (Lipinski definition) is 0. The van der Waals surface area contributed by atoms with Crippen LogP contribution in [0, 0.1) is 13.8 Å². The minimum Gasteiger partial charge on any atom is -0.343 e. The van der Waals surface area contributed by atoms with Crippen molar-refractivity contribution >= 4 is 0 Å². The molecule has 0 unspecified atom stereocenters. The van der Waals surface area contributed by atoms with Gasteiger partial charge in [0.05, 0.1) is 0 Å². The van der Waals surface area contributed by atoms with Crippen molar-refractivity contribution in [3.05, 3.63) is 13.8 Å². The van der Waals surface area contributed by atoms with Gasteiger partial charge in [0.2, 0.25) is 0 Å². The predicted octanol–water partition coefficient (Wildman–Crippen LogP) is 18.1. The van der Waals surface area contributed by atoms with E-state index in [0.717, 1.165) is 12.8 Å². The third-order valence-electron chi connectivity index (χ3n) is 10.2. The van der Waals surface area contributed by atoms with Gasteiger partial charge in [-0.05, 0) is 0 Å². The van der Waals surface area contributed by atoms with E-state index in [1.54, 1.807) is 0 Å². The molecule has 1 heteroatoms. The third kappa shape index (κ3) is 56.1. The van der Waals surface area contributed by atoms with Crippen molar-refractivity contribution in [2.24, 2.45) is 0 Å². The smallest absolute Gasteiger partial charge is 0.343 e. The van der Waals surface area contributed by atoms with Crippen molar-refractivity contribution in [1.82, 2.24) is 0 Å². The van der Waals surface area contributed by atoms with Crippen LogP contribution < -0.4 is 0 Å². The van der Waals surface area contributed by atoms with Gasteiger partial charge in [0, 0.05) is 0 Å². The second-order valence-corrected chi connectivity index (χ2v) is 15.1. The Kier molecular flexibility index (Phi) is 58.8. The first-order chi connectivity index (χ1) is 22.8. The summed E-state index contributed by atoms with van der Waals surface area (Å²) in [5.41, 5.74) is 0. The Hall–Kier alpha value is 0.494. The molecule has 0 aliphatic carbocycles. The van der Waals surface area contributed by atoms with Crippen LogP contribution in [-0.4, -0.2) is 0 Å². The summed E-state index contributed by atoms with van der Waals surface area (Å²) in [6.45, 7) is 12.4. The standard InChI is InChI=1S/2C23H47.Ni/c2*1-3-5-7-9-11-13-15-17-19-21-23-22-20-18-16-14-12-10-8-6-4-2;/h2*1,3-23H2,2H3;/q2*-1;+2. The van der Waals surface area contributed by atoms with Gasteiger partial charge >= 0.3 is 16.5 Å². The first-order valence-electron chi connectivity index (χ1n) is 22.4. The first-order valence-corrected chi connectivity index (χ1v) is 22.4. The molecule has 0 N–H and O–H groups in total. The van der Waals surface area contributed by atoms with Gasteiger partial charge in [-0.25, -0.2) is 0 Å². The summed E-state index contributed by atoms with van der Waals surface area (Å²) < 4.78 is 0. The van der Waals surface area contributed by atoms with Crippen molar-refractivity contribution in [3.8, 4) is 0 Å². The van der Waals surface area contributed by atoms with Crippen LogP contribution in [0.4, 0.5) is 0 Å². The Bertz CT molecular complexity index is 378. The van der Waals surface area contributed by atoms with E-state index in [2.05, 4.69) is 27.7 Å². The van der Waals surface area contributed by atoms with Crippen LogP contribution in [-0.2, 0) is 16.5 Å². The molecular formula is C46H94Ni. The Labute approximate surface area is 312 Å². The van der Waals surface area contributed by atoms with Crippen LogP contribution in [0.2, 0.25) is 0 Å². The molecule has 0 saturated carbocycles. The molecule has 288 valence electrons. The van der Waals surface area contributed by atoms with Gasteiger partial charge in [-0.3, -0.25) is 0 Å². The van der Waals surface area contributed by atoms with E-state index in [1.165, 1.54) is 257 Å². The van der Waals surface area contributed by atoms with Gasteiger partial charge in [0.25, 0.3) is 0 Å². The first kappa shape index (κ1) is 51.9. The van der Waals surface area contributed by atoms with E-state index in [-0.39, 0.29) is 16.5 Å². The molecule has 0 atom stereocenters. The Morgan fingerprint density at radius 1 is 0.191 bits per heavy atom. The fraction of sp³-hybridized carbons (Fsp3) is 0.957. The van der Waals surface area contributed by atoms with Crippen molar-refractivity contribution in [3.63, 3.8) is 0 Å². The van der Waals surface area contributed by atoms with E-state index in [9.17, 15) is 0 Å². The molecule has 47 heavy (non-hydrogen) atoms. The van der Waals surface area contributed by atoms with Gasteiger partial charge in [-0.15, -0.1) is 0 Å². The maximum absolute atomic E-state index is 3.90. The van der Waals surface area contributed by atoms with Gasteiger partial charge in [-0.1, -0.05) is 271 Å². The maximum atomic E-state index is 3.90. The van der Waals surface area contributed by atoms with Crippen molar-refractivity contribution < 1.29 is 16.5 Å². The van der Waals surface area contributed by atoms with Crippen LogP contribution in [0.1, 0.15) is 284 Å². The molecule has 0 aliphatic heterocycles. The van der Waals surface area contributed by atoms with Gasteiger partial charge < -0.3 is 13.8 Å². The quantitative estimate of drug-likeness (QED) is 0.0338. The number of hydrogen-bond donors (Lipinski definition) is 0. The van der Waals surface area contributed by atoms with E-state index < -0.39 is 0 Å². The van der Waals surface area contributed by atoms with Gasteiger partial charge in [0.1, 0.15) is 0 Å². The molecule has 0 aromatic rings. The minimum absolute atomic E-state index is 0. The Morgan fingerprint density at radius 2 is 0.298 bits per heavy atom. The maximum Gasteiger partial charge on any atom is 2.00 e. The molecule has 0 rings (SSSR count). The fourth-order valence-corrected chi connectivity index (χ4v) is 6.86. The average molecular weight is 706 g/mol. The normalized spacial score (nSPS) is 11.0. The molecule has 0 spiro atoms. The summed E-state index contributed by atoms with van der Waals surface area (Å²) >= 11 is 0. The Morgan fingerprint density at radius 3 is 0.404 bits per heavy atom. The van der Waals surface area contributed by atoms with Crippen LogP contribution in [0.15, 0.2) is 0 Å². The molecule has 0 saturated heterocycles. The summed E-state index contributed by atoms with van der Waals surface area (Å²) in [7, 11) is 0. The molecule has 0 aromatic carbocycles. The molecule has 0 radical (unpaired) electrons. The fourth-order valence-electron chi connectivity index (χ4n) is 6.86. The van der Waals surface area contributed by atoms with E-state index in [0.29, 0.717) is 0 Å². The van der Waals surface area contributed by atoms with Gasteiger partial charge in [0.15, 0.2) is 0 Å². The summed E-state index contributed by atoms with van der Waals surface area (Å²) in [5.74, 6) is 0. The zero-order chi connectivity index (χ0) is 33.7. The molecule has 0 aromatic heterocycles. The molecule has 0 amide bonds. The molecule has 0 aliphatic rings. The largest absolute Gasteiger partial charge is 2.00 e. The summed E-state index contributed by atoms with van der Waals surface area (Å²) in [6.07, 6.45) is 60.6. The van der Waals surface area contributed by atoms with Crippen molar-refractivity contribution in [2.75, 3.05) is 0 Å². The topological polar surface area (TPSA) is 0 Å². The zero-order valence-corrected chi connectivity index (χ0v) is 34.4. The van der Waals surface area contributed by atoms with Gasteiger partial charge in [-0.2, -0.15) is 12.8 Å². The SMILES string of the molecule is [CH2-]CCCCCCCCCCCCCCCCCCCCCC.[CH2-]CCCCCCCCCCCCCCCCCCCCCC.[Ni+2]. The van der Waals surface area contributed by atoms with E-state index >= 15 is 0 Å². The average Bonchev–Trinajstić information content (AvgIpc) is 3.07. The molecule has 0 nitrogen and oxygen atoms in total. The predicted molar refractivity (Wildman–Crippen MR) is 216 cm³/mol. The van der Waals surface area contributed by atoms with Crippen molar-refractivity contribution in [2.45, 2.75) is 284 Å². The third-order valence-corrected chi connectivity index (χ3v) is 10.2. The van der Waals surface area contributed by atoms with E-state index in [1.807, 2.05) is 0 Å². The monoisotopic (exact) mass is 705 g/mol. The Balaban J connectivity index is -0.000000807. The molecule has 0 bridgehead atoms. The van der Waals surface area contributed by atoms with Crippen LogP contribution in [0.5, 0.6) is 0 Å². The van der Waals surface area contributed by atoms with Crippen LogP contribution in [0.3, 0.4) is 0 Å². The second kappa shape index (κ2) is 53.3. The summed E-state index contributed by atoms with van der Waals surface area (Å²) in [6, 6.07) is 0. The zero-order valence-electron chi connectivity index (χ0n) is 33.4. The second-order valence-electron chi connectivity index (χ2n) is 15.1. The van der Waals surface area contributed by atoms with E-state index in [4.69, 9.17) is 0 Å². The van der Waals surface area contributed by atoms with Crippen molar-refractivity contribution in [1.29, 1.82) is 0 Å². The number of rotatable bonds is 40. The number of unbranched alkanes of at least 4 members (excludes halogenated alkanes) is 40. The minimum atomic E-state index is 0.